The van der Waals surface area contributed by atoms with Crippen LogP contribution in [0.25, 0.3) is 0 Å². The van der Waals surface area contributed by atoms with Crippen LogP contribution in [-0.4, -0.2) is 57.4 Å². The SMILES string of the molecule is CC[N+](C)(C)C[N+](C)(C)C.[V]. The van der Waals surface area contributed by atoms with E-state index in [0.717, 1.165) is 8.97 Å². The summed E-state index contributed by atoms with van der Waals surface area (Å²) in [6.07, 6.45) is 0. The summed E-state index contributed by atoms with van der Waals surface area (Å²) in [5.74, 6) is 0. The first-order valence-corrected chi connectivity index (χ1v) is 3.89. The van der Waals surface area contributed by atoms with Gasteiger partial charge in [0.15, 0.2) is 0 Å². The third kappa shape index (κ3) is 8.41. The molecular formula is C8H22N2V+2. The summed E-state index contributed by atoms with van der Waals surface area (Å²) in [5.41, 5.74) is 0. The maximum atomic E-state index is 2.27. The molecule has 0 unspecified atom stereocenters. The van der Waals surface area contributed by atoms with Crippen molar-refractivity contribution in [3.8, 4) is 0 Å². The van der Waals surface area contributed by atoms with Crippen molar-refractivity contribution in [3.63, 3.8) is 0 Å². The van der Waals surface area contributed by atoms with Crippen LogP contribution < -0.4 is 0 Å². The summed E-state index contributed by atoms with van der Waals surface area (Å²) in [7, 11) is 11.2. The van der Waals surface area contributed by atoms with E-state index in [-0.39, 0.29) is 18.6 Å². The quantitative estimate of drug-likeness (QED) is 0.462. The molecule has 0 aliphatic heterocycles. The van der Waals surface area contributed by atoms with Gasteiger partial charge in [-0.15, -0.1) is 0 Å². The van der Waals surface area contributed by atoms with Gasteiger partial charge in [-0.2, -0.15) is 0 Å². The minimum absolute atomic E-state index is 0. The summed E-state index contributed by atoms with van der Waals surface area (Å²) >= 11 is 0. The molecule has 2 nitrogen and oxygen atoms in total. The summed E-state index contributed by atoms with van der Waals surface area (Å²) in [6, 6.07) is 0. The van der Waals surface area contributed by atoms with Crippen molar-refractivity contribution < 1.29 is 27.5 Å². The number of hydrogen-bond acceptors (Lipinski definition) is 0. The molecule has 0 aromatic carbocycles. The van der Waals surface area contributed by atoms with E-state index >= 15 is 0 Å². The van der Waals surface area contributed by atoms with Crippen LogP contribution in [0.15, 0.2) is 0 Å². The molecule has 0 heterocycles. The Morgan fingerprint density at radius 3 is 1.36 bits per heavy atom. The average molecular weight is 197 g/mol. The molecule has 3 heteroatoms. The maximum absolute atomic E-state index is 2.27. The van der Waals surface area contributed by atoms with Gasteiger partial charge >= 0.3 is 0 Å². The molecule has 67 valence electrons. The van der Waals surface area contributed by atoms with E-state index in [1.54, 1.807) is 0 Å². The Labute approximate surface area is 83.2 Å². The third-order valence-electron chi connectivity index (χ3n) is 1.66. The minimum atomic E-state index is 0. The van der Waals surface area contributed by atoms with Gasteiger partial charge in [-0.1, -0.05) is 0 Å². The van der Waals surface area contributed by atoms with Gasteiger partial charge in [-0.05, 0) is 6.92 Å². The smallest absolute Gasteiger partial charge is 0.206 e. The zero-order chi connectivity index (χ0) is 8.41. The van der Waals surface area contributed by atoms with Crippen molar-refractivity contribution in [3.05, 3.63) is 0 Å². The van der Waals surface area contributed by atoms with E-state index in [1.807, 2.05) is 0 Å². The van der Waals surface area contributed by atoms with Crippen LogP contribution in [0.4, 0.5) is 0 Å². The first-order chi connectivity index (χ1) is 4.27. The van der Waals surface area contributed by atoms with Crippen molar-refractivity contribution >= 4 is 0 Å². The van der Waals surface area contributed by atoms with Gasteiger partial charge in [-0.25, -0.2) is 0 Å². The van der Waals surface area contributed by atoms with Crippen LogP contribution in [0.3, 0.4) is 0 Å². The number of quaternary nitrogens is 2. The monoisotopic (exact) mass is 197 g/mol. The standard InChI is InChI=1S/C8H22N2.V/c1-7-10(5,6)8-9(2,3)4;/h7-8H2,1-6H3;/q+2;. The molecule has 0 aliphatic rings. The molecule has 0 aliphatic carbocycles. The second kappa shape index (κ2) is 4.51. The molecule has 0 atom stereocenters. The van der Waals surface area contributed by atoms with Crippen LogP contribution in [0, 0.1) is 0 Å². The predicted molar refractivity (Wildman–Crippen MR) is 45.5 cm³/mol. The molecule has 0 saturated carbocycles. The van der Waals surface area contributed by atoms with Gasteiger partial charge in [-0.3, -0.25) is 8.97 Å². The first kappa shape index (κ1) is 14.1. The Morgan fingerprint density at radius 2 is 1.27 bits per heavy atom. The normalized spacial score (nSPS) is 12.5. The number of rotatable bonds is 3. The maximum Gasteiger partial charge on any atom is 0.206 e. The largest absolute Gasteiger partial charge is 0.284 e. The topological polar surface area (TPSA) is 0 Å². The van der Waals surface area contributed by atoms with E-state index in [0.29, 0.717) is 0 Å². The molecule has 0 N–H and O–H groups in total. The van der Waals surface area contributed by atoms with E-state index in [2.05, 4.69) is 42.2 Å². The fourth-order valence-corrected chi connectivity index (χ4v) is 1.25. The van der Waals surface area contributed by atoms with Gasteiger partial charge in [0, 0.05) is 18.6 Å². The van der Waals surface area contributed by atoms with Crippen LogP contribution in [0.2, 0.25) is 0 Å². The Hall–Kier alpha value is 0.504. The molecule has 0 aromatic rings. The summed E-state index contributed by atoms with van der Waals surface area (Å²) in [4.78, 5) is 0. The van der Waals surface area contributed by atoms with E-state index < -0.39 is 0 Å². The molecule has 0 spiro atoms. The van der Waals surface area contributed by atoms with Gasteiger partial charge in [0.05, 0.1) is 41.8 Å². The summed E-state index contributed by atoms with van der Waals surface area (Å²) in [5, 5.41) is 0. The number of hydrogen-bond donors (Lipinski definition) is 0. The van der Waals surface area contributed by atoms with Crippen molar-refractivity contribution in [2.24, 2.45) is 0 Å². The zero-order valence-corrected chi connectivity index (χ0v) is 10.2. The molecule has 11 heavy (non-hydrogen) atoms. The van der Waals surface area contributed by atoms with Crippen LogP contribution in [-0.2, 0) is 18.6 Å². The third-order valence-corrected chi connectivity index (χ3v) is 1.66. The van der Waals surface area contributed by atoms with Crippen molar-refractivity contribution in [2.75, 3.05) is 48.5 Å². The van der Waals surface area contributed by atoms with Crippen molar-refractivity contribution in [2.45, 2.75) is 6.92 Å². The van der Waals surface area contributed by atoms with Gasteiger partial charge in [0.25, 0.3) is 0 Å². The molecule has 0 amide bonds. The molecule has 0 rings (SSSR count). The Morgan fingerprint density at radius 1 is 0.909 bits per heavy atom. The second-order valence-corrected chi connectivity index (χ2v) is 4.68. The van der Waals surface area contributed by atoms with E-state index in [4.69, 9.17) is 0 Å². The van der Waals surface area contributed by atoms with Crippen LogP contribution in [0.5, 0.6) is 0 Å². The number of nitrogens with zero attached hydrogens (tertiary/aromatic N) is 2. The summed E-state index contributed by atoms with van der Waals surface area (Å²) in [6.45, 7) is 4.63. The molecule has 0 saturated heterocycles. The fourth-order valence-electron chi connectivity index (χ4n) is 1.25. The van der Waals surface area contributed by atoms with E-state index in [1.165, 1.54) is 13.2 Å². The van der Waals surface area contributed by atoms with Gasteiger partial charge < -0.3 is 0 Å². The van der Waals surface area contributed by atoms with Crippen LogP contribution in [0.1, 0.15) is 6.92 Å². The van der Waals surface area contributed by atoms with Crippen molar-refractivity contribution in [1.29, 1.82) is 0 Å². The molecule has 0 bridgehead atoms. The first-order valence-electron chi connectivity index (χ1n) is 3.89. The Balaban J connectivity index is 0. The molecule has 0 fully saturated rings. The molecule has 0 aromatic heterocycles. The van der Waals surface area contributed by atoms with Crippen LogP contribution >= 0.6 is 0 Å². The Bertz CT molecular complexity index is 105. The molecule has 1 radical (unpaired) electrons. The predicted octanol–water partition coefficient (Wildman–Crippen LogP) is 0.744. The minimum Gasteiger partial charge on any atom is -0.284 e. The molecular weight excluding hydrogens is 175 g/mol. The van der Waals surface area contributed by atoms with E-state index in [9.17, 15) is 0 Å². The zero-order valence-electron chi connectivity index (χ0n) is 8.76. The Kier molecular flexibility index (Phi) is 5.76. The summed E-state index contributed by atoms with van der Waals surface area (Å²) < 4.78 is 2.14. The van der Waals surface area contributed by atoms with Gasteiger partial charge in [0.1, 0.15) is 0 Å². The second-order valence-electron chi connectivity index (χ2n) is 4.68. The van der Waals surface area contributed by atoms with Gasteiger partial charge in [0.2, 0.25) is 6.67 Å². The van der Waals surface area contributed by atoms with Crippen molar-refractivity contribution in [1.82, 2.24) is 0 Å². The average Bonchev–Trinajstić information content (AvgIpc) is 1.60. The fraction of sp³-hybridized carbons (Fsp3) is 1.00.